The number of aromatic nitrogens is 2. The number of hydrogen-bond donors (Lipinski definition) is 0. The molecule has 0 unspecified atom stereocenters. The molecule has 0 aliphatic carbocycles. The second-order valence-corrected chi connectivity index (χ2v) is 7.58. The van der Waals surface area contributed by atoms with Gasteiger partial charge in [-0.15, -0.1) is 0 Å². The van der Waals surface area contributed by atoms with Crippen LogP contribution in [0.15, 0.2) is 74.8 Å². The molecule has 0 radical (unpaired) electrons. The molecule has 7 heteroatoms. The summed E-state index contributed by atoms with van der Waals surface area (Å²) in [6, 6.07) is 20.0. The van der Waals surface area contributed by atoms with Gasteiger partial charge in [-0.3, -0.25) is 9.53 Å². The fraction of sp³-hybridized carbons (Fsp3) is 0.200. The van der Waals surface area contributed by atoms with Crippen LogP contribution in [0.25, 0.3) is 11.1 Å². The molecule has 0 N–H and O–H groups in total. The van der Waals surface area contributed by atoms with E-state index < -0.39 is 11.4 Å². The van der Waals surface area contributed by atoms with Crippen molar-refractivity contribution in [1.82, 2.24) is 9.72 Å². The molecule has 1 aromatic heterocycles. The first kappa shape index (κ1) is 23.9. The van der Waals surface area contributed by atoms with E-state index in [1.165, 1.54) is 27.8 Å². The largest absolute Gasteiger partial charge is 1.00 e. The summed E-state index contributed by atoms with van der Waals surface area (Å²) in [6.45, 7) is 6.99. The van der Waals surface area contributed by atoms with E-state index in [1.807, 2.05) is 24.3 Å². The van der Waals surface area contributed by atoms with Crippen LogP contribution in [-0.4, -0.2) is 4.74 Å². The zero-order valence-electron chi connectivity index (χ0n) is 18.7. The average molecular weight is 438 g/mol. The van der Waals surface area contributed by atoms with Gasteiger partial charge in [0.1, 0.15) is 12.4 Å². The van der Waals surface area contributed by atoms with Gasteiger partial charge in [-0.05, 0) is 71.8 Å². The van der Waals surface area contributed by atoms with Crippen molar-refractivity contribution in [1.29, 1.82) is 0 Å². The second kappa shape index (κ2) is 10.2. The fourth-order valence-corrected chi connectivity index (χ4v) is 3.76. The van der Waals surface area contributed by atoms with Crippen LogP contribution in [-0.2, 0) is 13.2 Å². The third-order valence-corrected chi connectivity index (χ3v) is 5.43. The first-order chi connectivity index (χ1) is 14.9. The van der Waals surface area contributed by atoms with E-state index in [0.29, 0.717) is 6.61 Å². The monoisotopic (exact) mass is 438 g/mol. The number of aryl methyl sites for hydroxylation is 2. The molecule has 158 valence electrons. The molecule has 0 saturated carbocycles. The van der Waals surface area contributed by atoms with Crippen molar-refractivity contribution < 1.29 is 38.8 Å². The van der Waals surface area contributed by atoms with Gasteiger partial charge in [0, 0.05) is 6.54 Å². The third-order valence-electron chi connectivity index (χ3n) is 5.43. The van der Waals surface area contributed by atoms with Gasteiger partial charge in [0.25, 0.3) is 0 Å². The number of ether oxygens (including phenoxy) is 1. The van der Waals surface area contributed by atoms with Gasteiger partial charge < -0.3 is 14.2 Å². The summed E-state index contributed by atoms with van der Waals surface area (Å²) in [4.78, 5) is 25.7. The topological polar surface area (TPSA) is 75.5 Å². The molecule has 32 heavy (non-hydrogen) atoms. The Morgan fingerprint density at radius 3 is 2.19 bits per heavy atom. The van der Waals surface area contributed by atoms with Gasteiger partial charge >= 0.3 is 35.3 Å². The molecule has 6 nitrogen and oxygen atoms in total. The van der Waals surface area contributed by atoms with E-state index in [1.54, 1.807) is 0 Å². The quantitative estimate of drug-likeness (QED) is 0.420. The first-order valence-corrected chi connectivity index (χ1v) is 10.0. The summed E-state index contributed by atoms with van der Waals surface area (Å²) in [5.74, 6) is -0.168. The third kappa shape index (κ3) is 5.15. The summed E-state index contributed by atoms with van der Waals surface area (Å²) < 4.78 is 11.7. The normalized spacial score (nSPS) is 10.6. The van der Waals surface area contributed by atoms with Gasteiger partial charge in [-0.25, -0.2) is 4.79 Å². The predicted octanol–water partition coefficient (Wildman–Crippen LogP) is 0.982. The molecule has 0 amide bonds. The van der Waals surface area contributed by atoms with E-state index in [4.69, 9.17) is 9.26 Å². The van der Waals surface area contributed by atoms with Crippen LogP contribution in [0.5, 0.6) is 5.75 Å². The molecule has 0 spiro atoms. The smallest absolute Gasteiger partial charge is 0.489 e. The molecular weight excluding hydrogens is 415 g/mol. The van der Waals surface area contributed by atoms with E-state index in [9.17, 15) is 9.59 Å². The Hall–Kier alpha value is -2.80. The molecule has 3 aromatic carbocycles. The second-order valence-electron chi connectivity index (χ2n) is 7.58. The van der Waals surface area contributed by atoms with Crippen molar-refractivity contribution in [2.75, 3.05) is 0 Å². The Labute approximate surface area is 208 Å². The van der Waals surface area contributed by atoms with Gasteiger partial charge in [-0.1, -0.05) is 48.5 Å². The van der Waals surface area contributed by atoms with Crippen LogP contribution in [0.3, 0.4) is 0 Å². The van der Waals surface area contributed by atoms with Crippen molar-refractivity contribution in [3.05, 3.63) is 110 Å². The Morgan fingerprint density at radius 1 is 0.906 bits per heavy atom. The maximum atomic E-state index is 11.5. The fourth-order valence-electron chi connectivity index (χ4n) is 3.76. The molecule has 0 saturated heterocycles. The van der Waals surface area contributed by atoms with Crippen LogP contribution < -0.4 is 50.7 Å². The number of rotatable bonds is 6. The Bertz CT molecular complexity index is 1310. The Kier molecular flexibility index (Phi) is 7.61. The van der Waals surface area contributed by atoms with Gasteiger partial charge in [0.2, 0.25) is 0 Å². The molecule has 0 aliphatic rings. The molecule has 4 aromatic rings. The number of nitrogens with zero attached hydrogens (tertiary/aromatic N) is 2. The molecule has 1 heterocycles. The van der Waals surface area contributed by atoms with Crippen molar-refractivity contribution >= 4 is 0 Å². The molecule has 0 fully saturated rings. The van der Waals surface area contributed by atoms with Gasteiger partial charge in [0.15, 0.2) is 5.69 Å². The summed E-state index contributed by atoms with van der Waals surface area (Å²) in [5.41, 5.74) is 7.45. The molecule has 4 rings (SSSR count). The summed E-state index contributed by atoms with van der Waals surface area (Å²) >= 11 is 0. The van der Waals surface area contributed by atoms with Crippen molar-refractivity contribution in [2.45, 2.75) is 33.9 Å². The van der Waals surface area contributed by atoms with Crippen LogP contribution in [0, 0.1) is 20.8 Å². The predicted molar refractivity (Wildman–Crippen MR) is 119 cm³/mol. The minimum atomic E-state index is -0.886. The SMILES string of the molecule is Cc1cccc(C)c1-c1cccc(COc2ccc(Cn3oc(=O)[n-]c3=O)cc2)c1C.[Na+]. The standard InChI is InChI=1S/C25H24N2O4.Na/c1-16-6-4-7-17(2)23(16)22-9-5-8-20(18(22)3)15-30-21-12-10-19(11-13-21)14-27-24(28)26-25(29)31-27;/h4-13H,14-15H2,1-3H3,(H,26,28,29);/q;+1/p-1. The van der Waals surface area contributed by atoms with E-state index in [0.717, 1.165) is 21.6 Å². The zero-order chi connectivity index (χ0) is 22.0. The Morgan fingerprint density at radius 2 is 1.56 bits per heavy atom. The molecule has 0 bridgehead atoms. The molecule has 0 atom stereocenters. The Balaban J connectivity index is 0.00000289. The summed E-state index contributed by atoms with van der Waals surface area (Å²) in [7, 11) is 0. The summed E-state index contributed by atoms with van der Waals surface area (Å²) in [6.07, 6.45) is 0. The first-order valence-electron chi connectivity index (χ1n) is 10.0. The molecular formula is C25H23N2NaO4. The van der Waals surface area contributed by atoms with Crippen LogP contribution >= 0.6 is 0 Å². The van der Waals surface area contributed by atoms with E-state index in [-0.39, 0.29) is 36.1 Å². The minimum absolute atomic E-state index is 0. The van der Waals surface area contributed by atoms with Crippen molar-refractivity contribution in [2.24, 2.45) is 0 Å². The van der Waals surface area contributed by atoms with Gasteiger partial charge in [0.05, 0.1) is 0 Å². The maximum absolute atomic E-state index is 11.5. The van der Waals surface area contributed by atoms with Crippen LogP contribution in [0.2, 0.25) is 0 Å². The van der Waals surface area contributed by atoms with E-state index in [2.05, 4.69) is 62.2 Å². The number of benzene rings is 3. The van der Waals surface area contributed by atoms with Crippen molar-refractivity contribution in [3.8, 4) is 16.9 Å². The van der Waals surface area contributed by atoms with Crippen LogP contribution in [0.4, 0.5) is 0 Å². The van der Waals surface area contributed by atoms with Gasteiger partial charge in [-0.2, -0.15) is 0 Å². The van der Waals surface area contributed by atoms with Crippen LogP contribution in [0.1, 0.15) is 27.8 Å². The van der Waals surface area contributed by atoms with Crippen molar-refractivity contribution in [3.63, 3.8) is 0 Å². The number of hydrogen-bond acceptors (Lipinski definition) is 4. The molecule has 0 aliphatic heterocycles. The van der Waals surface area contributed by atoms with E-state index >= 15 is 0 Å². The average Bonchev–Trinajstić information content (AvgIpc) is 3.06. The summed E-state index contributed by atoms with van der Waals surface area (Å²) in [5, 5.41) is 0. The minimum Gasteiger partial charge on any atom is -0.489 e. The zero-order valence-corrected chi connectivity index (χ0v) is 20.7. The maximum Gasteiger partial charge on any atom is 1.00 e.